The van der Waals surface area contributed by atoms with Crippen molar-refractivity contribution in [2.24, 2.45) is 5.73 Å². The van der Waals surface area contributed by atoms with E-state index in [1.54, 1.807) is 135 Å². The Hall–Kier alpha value is -1.95. The summed E-state index contributed by atoms with van der Waals surface area (Å²) in [5.41, 5.74) is 11.6. The molecule has 0 saturated carbocycles. The number of ether oxygens (including phenoxy) is 14. The van der Waals surface area contributed by atoms with Crippen molar-refractivity contribution in [1.82, 2.24) is 10.2 Å². The molecule has 1 amide bonds. The molecule has 0 fully saturated rings. The maximum absolute atomic E-state index is 12.0. The smallest absolute Gasteiger partial charge is 1.00 e. The topological polar surface area (TPSA) is 476 Å². The average molecular weight is 2110 g/mol. The molecule has 44 heteroatoms. The number of aryl methyl sites for hydroxylation is 2. The van der Waals surface area contributed by atoms with Gasteiger partial charge in [0.05, 0.1) is 53.4 Å². The second kappa shape index (κ2) is 115. The van der Waals surface area contributed by atoms with Gasteiger partial charge in [-0.2, -0.15) is 4.79 Å². The molecule has 0 aliphatic carbocycles. The van der Waals surface area contributed by atoms with Gasteiger partial charge in [0, 0.05) is 89.5 Å². The third kappa shape index (κ3) is 158. The van der Waals surface area contributed by atoms with Crippen molar-refractivity contribution in [3.63, 3.8) is 0 Å². The van der Waals surface area contributed by atoms with Gasteiger partial charge in [0.25, 0.3) is 0 Å². The maximum atomic E-state index is 12.0. The molecule has 7 N–H and O–H groups in total. The van der Waals surface area contributed by atoms with Crippen LogP contribution in [0.3, 0.4) is 0 Å². The van der Waals surface area contributed by atoms with Crippen LogP contribution in [0, 0.1) is 13.8 Å². The first-order chi connectivity index (χ1) is 59.6. The predicted octanol–water partition coefficient (Wildman–Crippen LogP) is 7.07. The number of alkyl halides is 1. The Balaban J connectivity index is -0.0000000705. The van der Waals surface area contributed by atoms with Gasteiger partial charge in [-0.25, -0.2) is 50.4 Å². The molecule has 34 nitrogen and oxygen atoms in total. The number of amides is 1. The summed E-state index contributed by atoms with van der Waals surface area (Å²) >= 11 is 7.56. The van der Waals surface area contributed by atoms with Gasteiger partial charge in [0.2, 0.25) is 8.87 Å². The summed E-state index contributed by atoms with van der Waals surface area (Å²) in [7, 11) is -0.411. The number of unbranched alkanes of at least 4 members (excludes halogenated alkanes) is 9. The maximum Gasteiger partial charge on any atom is 1.00 e. The molecular weight excluding hydrogens is 1930 g/mol. The normalized spacial score (nSPS) is 10.1. The Morgan fingerprint density at radius 2 is 0.851 bits per heavy atom. The number of aliphatic hydroxyl groups is 4. The average Bonchev–Trinajstić information content (AvgIpc) is 0.850. The van der Waals surface area contributed by atoms with E-state index in [-0.39, 0.29) is 177 Å². The summed E-state index contributed by atoms with van der Waals surface area (Å²) < 4.78 is 113. The zero-order valence-corrected chi connectivity index (χ0v) is 93.8. The van der Waals surface area contributed by atoms with E-state index in [4.69, 9.17) is 79.1 Å². The van der Waals surface area contributed by atoms with Crippen molar-refractivity contribution in [2.45, 2.75) is 321 Å². The molecule has 0 saturated heterocycles. The number of nitrogens with zero attached hydrogens (tertiary/aromatic N) is 3. The van der Waals surface area contributed by atoms with E-state index in [1.807, 2.05) is 53.8 Å². The van der Waals surface area contributed by atoms with Crippen LogP contribution in [0.1, 0.15) is 283 Å². The van der Waals surface area contributed by atoms with Crippen LogP contribution in [0.5, 0.6) is 0 Å². The molecule has 0 unspecified atom stereocenters. The molecule has 0 atom stereocenters. The number of nitrogens with one attached hydrogen (secondary N) is 1. The van der Waals surface area contributed by atoms with Crippen LogP contribution in [0.4, 0.5) is 24.0 Å². The van der Waals surface area contributed by atoms with Gasteiger partial charge in [-0.05, 0) is 238 Å². The summed E-state index contributed by atoms with van der Waals surface area (Å²) in [6, 6.07) is 13.4. The minimum Gasteiger partial charge on any atom is -1.00 e. The first-order valence-corrected chi connectivity index (χ1v) is 50.0. The third-order valence-corrected chi connectivity index (χ3v) is 18.2. The van der Waals surface area contributed by atoms with Gasteiger partial charge in [-0.15, -0.1) is 0 Å². The zero-order chi connectivity index (χ0) is 101. The molecule has 0 spiro atoms. The molecule has 2 aromatic rings. The number of carbonyl (C=O) groups excluding carboxylic acids is 7. The second-order valence-electron chi connectivity index (χ2n) is 31.7. The molecule has 0 aromatic heterocycles. The van der Waals surface area contributed by atoms with Gasteiger partial charge >= 0.3 is 138 Å². The Morgan fingerprint density at radius 1 is 0.507 bits per heavy atom. The minimum absolute atomic E-state index is 0. The van der Waals surface area contributed by atoms with Crippen molar-refractivity contribution in [3.8, 4) is 0 Å². The van der Waals surface area contributed by atoms with Crippen LogP contribution in [-0.2, 0) is 105 Å². The van der Waals surface area contributed by atoms with Gasteiger partial charge < -0.3 is 123 Å². The SMILES string of the molecule is C.CC(C)(C)OC(=O)OC(=O)OC(C)(C)C.CC(C)(C)OC(=O)OC(=O)OC(C)(C)C.CCCCCOCC(=O)OCC.CCCCCOCCBr.CCCCCOCCO.CCCCCOCCSS(=O)(=O)c1ccc(C)cc1.CCCCO.CCOC(=O)C=[N+]=[N-].CN(CCCO)C(=O)OC(C)(C)C.CNCCCOC.Cc1ccc(S(=O)(=O)[S-])cc1.NCCCO.[AlH3].[AlH3].[H-].[H-].[K+].[Li+].[Li+]. The summed E-state index contributed by atoms with van der Waals surface area (Å²) in [6.45, 7) is 53.1. The molecule has 0 aliphatic rings. The molecule has 0 bridgehead atoms. The molecule has 2 aromatic carbocycles. The number of methoxy groups -OCH3 is 1. The number of hydrogen-bond donors (Lipinski definition) is 6. The molecule has 0 aliphatic heterocycles. The third-order valence-electron chi connectivity index (χ3n) is 13.0. The van der Waals surface area contributed by atoms with Crippen LogP contribution in [0.15, 0.2) is 58.3 Å². The zero-order valence-electron chi connectivity index (χ0n) is 87.8. The number of aliphatic hydroxyl groups excluding tert-OH is 4. The number of carbonyl (C=O) groups is 7. The molecule has 782 valence electrons. The van der Waals surface area contributed by atoms with E-state index in [2.05, 4.69) is 91.3 Å². The first-order valence-electron chi connectivity index (χ1n) is 43.4. The minimum atomic E-state index is -3.44. The van der Waals surface area contributed by atoms with Crippen LogP contribution in [-0.4, -0.2) is 310 Å². The number of halogens is 1. The molecule has 2 rings (SSSR count). The number of esters is 2. The monoisotopic (exact) mass is 2110 g/mol. The van der Waals surface area contributed by atoms with E-state index in [0.29, 0.717) is 76.0 Å². The van der Waals surface area contributed by atoms with Crippen molar-refractivity contribution >= 4 is 140 Å². The van der Waals surface area contributed by atoms with Crippen LogP contribution >= 0.6 is 26.7 Å². The Bertz CT molecular complexity index is 3090. The first kappa shape index (κ1) is 168. The van der Waals surface area contributed by atoms with E-state index in [1.165, 1.54) is 62.0 Å². The quantitative estimate of drug-likeness (QED) is 0.00330. The largest absolute Gasteiger partial charge is 1.00 e. The number of nitrogens with two attached hydrogens (primary N) is 1. The summed E-state index contributed by atoms with van der Waals surface area (Å²) in [5, 5.41) is 36.9. The number of rotatable bonds is 42. The Kier molecular flexibility index (Phi) is 144. The molecule has 0 heterocycles. The fraction of sp³-hybridized carbons (Fsp3) is 0.778. The molecule has 134 heavy (non-hydrogen) atoms. The summed E-state index contributed by atoms with van der Waals surface area (Å²) in [4.78, 5) is 80.6. The van der Waals surface area contributed by atoms with E-state index in [9.17, 15) is 50.4 Å². The molecular formula is C90H183Al2BrKLi2N5O29S4. The van der Waals surface area contributed by atoms with Crippen molar-refractivity contribution < 1.29 is 234 Å². The summed E-state index contributed by atoms with van der Waals surface area (Å²) in [6.07, 6.45) is 14.6. The standard InChI is InChI=1S/C14H22O3S2.2C10H18O5.C9H19NO3.C9H18O3.C7H15BrO.C7H8O2S2.C7H16O2.C5H13NO.C4H6N2O2.C4H10O.C3H9NO.CH4.2Al.K.2Li.8H/c1-3-4-5-10-17-11-12-18-19(15,16)14-8-6-13(2)7-9-14;2*1-9(2,3)14-7(11)13-8(12)15-10(4,5)6;1-9(2,3)13-8(12)10(4)6-5-7-11;1-3-5-6-7-11-8-9(10)12-4-2;1-2-3-4-6-9-7-5-8;1-6-2-4-7(5-3-6)11(8,9)10;1-2-3-4-6-9-7-5-8;1-6-4-3-5-7-2;1-2-8-4(7)3-6-5;1-2-3-4-5;4-2-1-3-5;;;;;;;;;;;;;;/h6-9H,3-5,10-12H2,1-2H3;2*1-6H3;11H,5-7H2,1-4H3;3-8H2,1-2H3;2-7H2,1H3;2-5H,1H3,(H,8,9,10);8H,2-7H2,1H3;6H,3-5H2,1-2H3;3H,2H2,1H3;5H,2-4H2,1H3;5H,1-4H2;1H4;;;;;;;;;;;;;/q;;;;;;;;;;;;;;;3*+1;;;;;;;2*-1/p-1. The van der Waals surface area contributed by atoms with Crippen LogP contribution < -0.4 is 100 Å². The Morgan fingerprint density at radius 3 is 1.13 bits per heavy atom. The fourth-order valence-electron chi connectivity index (χ4n) is 7.11. The van der Waals surface area contributed by atoms with E-state index in [0.717, 1.165) is 125 Å². The van der Waals surface area contributed by atoms with Crippen LogP contribution in [0.25, 0.3) is 5.53 Å². The van der Waals surface area contributed by atoms with Crippen molar-refractivity contribution in [2.75, 3.05) is 151 Å². The van der Waals surface area contributed by atoms with Gasteiger partial charge in [0.1, 0.15) is 34.6 Å². The van der Waals surface area contributed by atoms with Gasteiger partial charge in [0.15, 0.2) is 34.7 Å². The van der Waals surface area contributed by atoms with E-state index >= 15 is 0 Å². The van der Waals surface area contributed by atoms with Crippen molar-refractivity contribution in [3.05, 3.63) is 65.2 Å². The second-order valence-corrected chi connectivity index (χ2v) is 39.3. The number of benzene rings is 2. The van der Waals surface area contributed by atoms with Crippen LogP contribution in [0.2, 0.25) is 0 Å². The fourth-order valence-corrected chi connectivity index (χ4v) is 10.8. The van der Waals surface area contributed by atoms with Gasteiger partial charge in [-0.1, -0.05) is 151 Å². The summed E-state index contributed by atoms with van der Waals surface area (Å²) in [5.74, 6) is -0.425. The van der Waals surface area contributed by atoms with E-state index < -0.39 is 76.3 Å². The number of hydrogen-bond acceptors (Lipinski definition) is 33. The predicted molar refractivity (Wildman–Crippen MR) is 541 cm³/mol. The van der Waals surface area contributed by atoms with Crippen molar-refractivity contribution in [1.29, 1.82) is 0 Å². The molecule has 0 radical (unpaired) electrons. The Labute approximate surface area is 917 Å². The van der Waals surface area contributed by atoms with Gasteiger partial charge in [-0.3, -0.25) is 0 Å².